The molecule has 144 valence electrons. The summed E-state index contributed by atoms with van der Waals surface area (Å²) in [6.45, 7) is 0. The zero-order valence-electron chi connectivity index (χ0n) is 15.0. The van der Waals surface area contributed by atoms with Crippen molar-refractivity contribution in [2.75, 3.05) is 10.6 Å². The molecule has 4 rings (SSSR count). The number of nitrogens with one attached hydrogen (secondary N) is 3. The molecular weight excluding hydrogens is 394 g/mol. The molecule has 0 radical (unpaired) electrons. The minimum Gasteiger partial charge on any atom is -0.339 e. The third kappa shape index (κ3) is 4.42. The van der Waals surface area contributed by atoms with Gasteiger partial charge >= 0.3 is 6.03 Å². The van der Waals surface area contributed by atoms with Gasteiger partial charge in [-0.15, -0.1) is 0 Å². The molecule has 0 unspecified atom stereocenters. The van der Waals surface area contributed by atoms with Crippen molar-refractivity contribution in [1.82, 2.24) is 15.0 Å². The zero-order valence-corrected chi connectivity index (χ0v) is 16.6. The number of para-hydroxylation sites is 1. The lowest BCUT2D eigenvalue weighted by Crippen LogP contribution is -2.22. The number of urea groups is 1. The van der Waals surface area contributed by atoms with Gasteiger partial charge in [-0.1, -0.05) is 36.3 Å². The van der Waals surface area contributed by atoms with Gasteiger partial charge in [0.25, 0.3) is 0 Å². The standard InChI is InChI=1S/C19H19N5O2S2/c25-16(12-5-1-2-6-12)13-7-3-4-8-14(13)23-17(26)24-19-22-11-15(28-19)27-18-20-9-10-21-18/h3-4,7-12H,1-2,5-6H2,(H,20,21)(H2,22,23,24,26). The molecule has 0 aliphatic heterocycles. The van der Waals surface area contributed by atoms with Crippen LogP contribution in [0, 0.1) is 5.92 Å². The Labute approximate surface area is 170 Å². The van der Waals surface area contributed by atoms with Crippen molar-refractivity contribution in [2.45, 2.75) is 35.0 Å². The molecule has 2 aromatic heterocycles. The molecular formula is C19H19N5O2S2. The summed E-state index contributed by atoms with van der Waals surface area (Å²) in [5.41, 5.74) is 1.09. The van der Waals surface area contributed by atoms with E-state index in [0.29, 0.717) is 16.4 Å². The Morgan fingerprint density at radius 2 is 1.96 bits per heavy atom. The summed E-state index contributed by atoms with van der Waals surface area (Å²) in [6.07, 6.45) is 9.15. The molecule has 1 fully saturated rings. The molecule has 1 aliphatic rings. The predicted octanol–water partition coefficient (Wildman–Crippen LogP) is 5.03. The molecule has 2 amide bonds. The number of carbonyl (C=O) groups excluding carboxylic acids is 2. The lowest BCUT2D eigenvalue weighted by Gasteiger charge is -2.13. The number of ketones is 1. The molecule has 1 aliphatic carbocycles. The second-order valence-electron chi connectivity index (χ2n) is 6.45. The lowest BCUT2D eigenvalue weighted by molar-refractivity contribution is 0.0924. The van der Waals surface area contributed by atoms with Crippen LogP contribution in [0.3, 0.4) is 0 Å². The van der Waals surface area contributed by atoms with Crippen LogP contribution in [0.25, 0.3) is 0 Å². The molecule has 3 aromatic rings. The summed E-state index contributed by atoms with van der Waals surface area (Å²) < 4.78 is 0.905. The van der Waals surface area contributed by atoms with E-state index in [9.17, 15) is 9.59 Å². The average Bonchev–Trinajstić information content (AvgIpc) is 3.45. The Balaban J connectivity index is 1.40. The highest BCUT2D eigenvalue weighted by molar-refractivity contribution is 8.01. The Kier molecular flexibility index (Phi) is 5.73. The largest absolute Gasteiger partial charge is 0.339 e. The van der Waals surface area contributed by atoms with Gasteiger partial charge in [0.1, 0.15) is 0 Å². The van der Waals surface area contributed by atoms with Gasteiger partial charge in [0.05, 0.1) is 16.1 Å². The number of hydrogen-bond acceptors (Lipinski definition) is 6. The first-order valence-electron chi connectivity index (χ1n) is 9.03. The number of anilines is 2. The van der Waals surface area contributed by atoms with E-state index in [1.165, 1.54) is 23.1 Å². The molecule has 3 N–H and O–H groups in total. The zero-order chi connectivity index (χ0) is 19.3. The quantitative estimate of drug-likeness (QED) is 0.492. The second-order valence-corrected chi connectivity index (χ2v) is 8.77. The van der Waals surface area contributed by atoms with E-state index in [2.05, 4.69) is 25.6 Å². The Bertz CT molecular complexity index is 964. The highest BCUT2D eigenvalue weighted by Crippen LogP contribution is 2.32. The highest BCUT2D eigenvalue weighted by atomic mass is 32.2. The molecule has 0 atom stereocenters. The number of imidazole rings is 1. The number of hydrogen-bond donors (Lipinski definition) is 3. The maximum absolute atomic E-state index is 12.8. The van der Waals surface area contributed by atoms with Crippen molar-refractivity contribution in [3.63, 3.8) is 0 Å². The van der Waals surface area contributed by atoms with E-state index >= 15 is 0 Å². The van der Waals surface area contributed by atoms with Gasteiger partial charge in [0.2, 0.25) is 0 Å². The van der Waals surface area contributed by atoms with E-state index in [-0.39, 0.29) is 11.7 Å². The Hall–Kier alpha value is -2.65. The molecule has 1 saturated carbocycles. The minimum atomic E-state index is -0.421. The number of rotatable bonds is 6. The fraction of sp³-hybridized carbons (Fsp3) is 0.263. The fourth-order valence-corrected chi connectivity index (χ4v) is 4.95. The van der Waals surface area contributed by atoms with E-state index in [1.807, 2.05) is 12.1 Å². The topological polar surface area (TPSA) is 99.8 Å². The number of Topliss-reactive ketones (excluding diaryl/α,β-unsaturated/α-hetero) is 1. The van der Waals surface area contributed by atoms with Crippen molar-refractivity contribution in [2.24, 2.45) is 5.92 Å². The van der Waals surface area contributed by atoms with Gasteiger partial charge in [0.15, 0.2) is 16.1 Å². The number of amides is 2. The monoisotopic (exact) mass is 413 g/mol. The number of aromatic nitrogens is 3. The first-order valence-corrected chi connectivity index (χ1v) is 10.7. The van der Waals surface area contributed by atoms with Crippen LogP contribution in [0.15, 0.2) is 52.2 Å². The Morgan fingerprint density at radius 3 is 2.75 bits per heavy atom. The van der Waals surface area contributed by atoms with Crippen molar-refractivity contribution >= 4 is 45.7 Å². The molecule has 7 nitrogen and oxygen atoms in total. The van der Waals surface area contributed by atoms with E-state index in [0.717, 1.165) is 35.0 Å². The number of nitrogens with zero attached hydrogens (tertiary/aromatic N) is 2. The van der Waals surface area contributed by atoms with E-state index in [4.69, 9.17) is 0 Å². The Morgan fingerprint density at radius 1 is 1.14 bits per heavy atom. The van der Waals surface area contributed by atoms with Crippen molar-refractivity contribution in [3.8, 4) is 0 Å². The summed E-state index contributed by atoms with van der Waals surface area (Å²) in [5, 5.41) is 6.76. The second kappa shape index (κ2) is 8.57. The highest BCUT2D eigenvalue weighted by Gasteiger charge is 2.25. The normalized spacial score (nSPS) is 14.1. The molecule has 1 aromatic carbocycles. The van der Waals surface area contributed by atoms with Gasteiger partial charge < -0.3 is 10.3 Å². The summed E-state index contributed by atoms with van der Waals surface area (Å²) >= 11 is 2.79. The van der Waals surface area contributed by atoms with Gasteiger partial charge in [-0.3, -0.25) is 10.1 Å². The van der Waals surface area contributed by atoms with Crippen LogP contribution in [0.5, 0.6) is 0 Å². The SMILES string of the molecule is O=C(Nc1ncc(Sc2ncc[nH]2)s1)Nc1ccccc1C(=O)C1CCCC1. The van der Waals surface area contributed by atoms with Gasteiger partial charge in [0, 0.05) is 23.9 Å². The summed E-state index contributed by atoms with van der Waals surface area (Å²) in [7, 11) is 0. The summed E-state index contributed by atoms with van der Waals surface area (Å²) in [4.78, 5) is 36.6. The van der Waals surface area contributed by atoms with Crippen LogP contribution >= 0.6 is 23.1 Å². The molecule has 2 heterocycles. The van der Waals surface area contributed by atoms with Gasteiger partial charge in [-0.2, -0.15) is 0 Å². The number of aromatic amines is 1. The van der Waals surface area contributed by atoms with Crippen molar-refractivity contribution in [3.05, 3.63) is 48.4 Å². The van der Waals surface area contributed by atoms with Crippen LogP contribution in [0.1, 0.15) is 36.0 Å². The number of thiazole rings is 1. The molecule has 28 heavy (non-hydrogen) atoms. The van der Waals surface area contributed by atoms with E-state index in [1.54, 1.807) is 30.7 Å². The minimum absolute atomic E-state index is 0.0613. The van der Waals surface area contributed by atoms with Crippen LogP contribution < -0.4 is 10.6 Å². The lowest BCUT2D eigenvalue weighted by atomic mass is 9.95. The fourth-order valence-electron chi connectivity index (χ4n) is 3.23. The number of carbonyl (C=O) groups is 2. The first kappa shape index (κ1) is 18.7. The summed E-state index contributed by atoms with van der Waals surface area (Å²) in [6, 6.07) is 6.74. The van der Waals surface area contributed by atoms with Crippen LogP contribution in [-0.4, -0.2) is 26.8 Å². The van der Waals surface area contributed by atoms with Gasteiger partial charge in [-0.25, -0.2) is 14.8 Å². The van der Waals surface area contributed by atoms with Crippen molar-refractivity contribution < 1.29 is 9.59 Å². The maximum atomic E-state index is 12.8. The smallest absolute Gasteiger partial charge is 0.325 e. The third-order valence-electron chi connectivity index (χ3n) is 4.54. The van der Waals surface area contributed by atoms with E-state index < -0.39 is 6.03 Å². The number of H-pyrrole nitrogens is 1. The predicted molar refractivity (Wildman–Crippen MR) is 110 cm³/mol. The van der Waals surface area contributed by atoms with Crippen LogP contribution in [0.4, 0.5) is 15.6 Å². The average molecular weight is 414 g/mol. The van der Waals surface area contributed by atoms with Gasteiger partial charge in [-0.05, 0) is 36.7 Å². The van der Waals surface area contributed by atoms with Crippen LogP contribution in [-0.2, 0) is 0 Å². The maximum Gasteiger partial charge on any atom is 0.325 e. The first-order chi connectivity index (χ1) is 13.7. The third-order valence-corrected chi connectivity index (χ3v) is 6.47. The molecule has 0 bridgehead atoms. The van der Waals surface area contributed by atoms with Crippen molar-refractivity contribution in [1.29, 1.82) is 0 Å². The molecule has 0 saturated heterocycles. The molecule has 0 spiro atoms. The molecule has 9 heteroatoms. The summed E-state index contributed by atoms with van der Waals surface area (Å²) in [5.74, 6) is 0.172. The van der Waals surface area contributed by atoms with Crippen LogP contribution in [0.2, 0.25) is 0 Å². The number of benzene rings is 1.